The van der Waals surface area contributed by atoms with Crippen LogP contribution in [-0.2, 0) is 16.0 Å². The molecule has 3 aliphatic rings. The van der Waals surface area contributed by atoms with Crippen molar-refractivity contribution in [3.05, 3.63) is 58.7 Å². The standard InChI is InChI=1S/C28H33N3O5/c1-3-35-22-15-18-11-14-31-25(21(18)16-23(22)36-4-2)24(19-7-5-6-8-20(19)27(31)33)28(34)30-12-9-17(10-13-30)26(29)32/h5-8,15-17,24-25H,3-4,9-14H2,1-2H3,(H2,29,32)/t24-,25-/m0/s1. The summed E-state index contributed by atoms with van der Waals surface area (Å²) in [5.74, 6) is 0.182. The van der Waals surface area contributed by atoms with Crippen LogP contribution in [0.4, 0.5) is 0 Å². The topological polar surface area (TPSA) is 102 Å². The lowest BCUT2D eigenvalue weighted by Gasteiger charge is -2.47. The second-order valence-electron chi connectivity index (χ2n) is 9.62. The molecule has 5 rings (SSSR count). The molecule has 3 aliphatic heterocycles. The second-order valence-corrected chi connectivity index (χ2v) is 9.62. The van der Waals surface area contributed by atoms with Crippen molar-refractivity contribution in [3.63, 3.8) is 0 Å². The molecule has 0 saturated carbocycles. The van der Waals surface area contributed by atoms with E-state index >= 15 is 0 Å². The molecule has 2 aromatic carbocycles. The Kier molecular flexibility index (Phi) is 6.60. The third kappa shape index (κ3) is 4.08. The lowest BCUT2D eigenvalue weighted by Crippen LogP contribution is -2.52. The summed E-state index contributed by atoms with van der Waals surface area (Å²) in [4.78, 5) is 43.1. The van der Waals surface area contributed by atoms with Gasteiger partial charge in [0.1, 0.15) is 0 Å². The van der Waals surface area contributed by atoms with Gasteiger partial charge in [-0.3, -0.25) is 14.4 Å². The van der Waals surface area contributed by atoms with Crippen LogP contribution in [0.5, 0.6) is 11.5 Å². The summed E-state index contributed by atoms with van der Waals surface area (Å²) < 4.78 is 11.8. The van der Waals surface area contributed by atoms with Crippen LogP contribution in [-0.4, -0.2) is 60.4 Å². The minimum Gasteiger partial charge on any atom is -0.490 e. The lowest BCUT2D eigenvalue weighted by molar-refractivity contribution is -0.138. The Labute approximate surface area is 211 Å². The molecule has 2 aromatic rings. The van der Waals surface area contributed by atoms with Crippen molar-refractivity contribution < 1.29 is 23.9 Å². The fraction of sp³-hybridized carbons (Fsp3) is 0.464. The van der Waals surface area contributed by atoms with E-state index in [1.165, 1.54) is 0 Å². The summed E-state index contributed by atoms with van der Waals surface area (Å²) in [6.45, 7) is 6.33. The molecular formula is C28H33N3O5. The molecule has 8 heteroatoms. The molecule has 1 saturated heterocycles. The maximum Gasteiger partial charge on any atom is 0.254 e. The number of benzene rings is 2. The highest BCUT2D eigenvalue weighted by Crippen LogP contribution is 2.49. The molecule has 3 heterocycles. The first-order valence-electron chi connectivity index (χ1n) is 12.8. The van der Waals surface area contributed by atoms with Crippen molar-refractivity contribution >= 4 is 17.7 Å². The maximum atomic E-state index is 14.2. The third-order valence-electron chi connectivity index (χ3n) is 7.66. The smallest absolute Gasteiger partial charge is 0.254 e. The SMILES string of the molecule is CCOc1cc2c(cc1OCC)[C@H]1[C@@H](C(=O)N3CCC(C(N)=O)CC3)c3ccccc3C(=O)N1CC2. The van der Waals surface area contributed by atoms with Crippen molar-refractivity contribution in [3.8, 4) is 11.5 Å². The van der Waals surface area contributed by atoms with Crippen LogP contribution in [0.3, 0.4) is 0 Å². The zero-order valence-corrected chi connectivity index (χ0v) is 20.9. The van der Waals surface area contributed by atoms with E-state index in [0.717, 1.165) is 16.7 Å². The number of nitrogens with zero attached hydrogens (tertiary/aromatic N) is 2. The van der Waals surface area contributed by atoms with Crippen LogP contribution in [0.15, 0.2) is 36.4 Å². The molecule has 2 N–H and O–H groups in total. The fourth-order valence-corrected chi connectivity index (χ4v) is 5.92. The predicted molar refractivity (Wildman–Crippen MR) is 134 cm³/mol. The van der Waals surface area contributed by atoms with E-state index in [9.17, 15) is 14.4 Å². The van der Waals surface area contributed by atoms with Crippen LogP contribution in [0.25, 0.3) is 0 Å². The van der Waals surface area contributed by atoms with Gasteiger partial charge in [0.15, 0.2) is 11.5 Å². The van der Waals surface area contributed by atoms with Gasteiger partial charge in [0.05, 0.1) is 25.2 Å². The van der Waals surface area contributed by atoms with E-state index in [0.29, 0.717) is 69.2 Å². The van der Waals surface area contributed by atoms with E-state index in [1.807, 2.05) is 60.0 Å². The van der Waals surface area contributed by atoms with E-state index in [4.69, 9.17) is 15.2 Å². The van der Waals surface area contributed by atoms with Crippen LogP contribution in [0.2, 0.25) is 0 Å². The van der Waals surface area contributed by atoms with Gasteiger partial charge in [-0.05, 0) is 68.0 Å². The minimum absolute atomic E-state index is 0.0208. The van der Waals surface area contributed by atoms with Crippen molar-refractivity contribution in [2.75, 3.05) is 32.8 Å². The number of likely N-dealkylation sites (tertiary alicyclic amines) is 1. The Hall–Kier alpha value is -3.55. The number of piperidine rings is 1. The predicted octanol–water partition coefficient (Wildman–Crippen LogP) is 3.04. The van der Waals surface area contributed by atoms with Gasteiger partial charge < -0.3 is 25.0 Å². The molecule has 0 unspecified atom stereocenters. The highest BCUT2D eigenvalue weighted by Gasteiger charge is 2.48. The number of amides is 3. The number of primary amides is 1. The van der Waals surface area contributed by atoms with E-state index < -0.39 is 12.0 Å². The van der Waals surface area contributed by atoms with Gasteiger partial charge in [-0.15, -0.1) is 0 Å². The molecule has 0 aliphatic carbocycles. The minimum atomic E-state index is -0.546. The van der Waals surface area contributed by atoms with Gasteiger partial charge in [0.2, 0.25) is 11.8 Å². The number of rotatable bonds is 6. The Bertz CT molecular complexity index is 1190. The summed E-state index contributed by atoms with van der Waals surface area (Å²) in [5, 5.41) is 0. The summed E-state index contributed by atoms with van der Waals surface area (Å²) in [6, 6.07) is 11.0. The first-order valence-corrected chi connectivity index (χ1v) is 12.8. The normalized spacial score (nSPS) is 21.3. The molecule has 3 amide bonds. The van der Waals surface area contributed by atoms with E-state index in [2.05, 4.69) is 0 Å². The van der Waals surface area contributed by atoms with Gasteiger partial charge in [0, 0.05) is 31.1 Å². The molecule has 0 radical (unpaired) electrons. The quantitative estimate of drug-likeness (QED) is 0.669. The average Bonchev–Trinajstić information content (AvgIpc) is 2.89. The van der Waals surface area contributed by atoms with Gasteiger partial charge >= 0.3 is 0 Å². The van der Waals surface area contributed by atoms with Crippen molar-refractivity contribution in [1.82, 2.24) is 9.80 Å². The average molecular weight is 492 g/mol. The number of fused-ring (bicyclic) bond motifs is 4. The zero-order chi connectivity index (χ0) is 25.4. The molecule has 0 bridgehead atoms. The van der Waals surface area contributed by atoms with Crippen molar-refractivity contribution in [2.45, 2.75) is 45.1 Å². The summed E-state index contributed by atoms with van der Waals surface area (Å²) in [6.07, 6.45) is 1.80. The molecule has 0 spiro atoms. The number of hydrogen-bond acceptors (Lipinski definition) is 5. The van der Waals surface area contributed by atoms with Crippen LogP contribution < -0.4 is 15.2 Å². The Morgan fingerprint density at radius 2 is 1.64 bits per heavy atom. The third-order valence-corrected chi connectivity index (χ3v) is 7.66. The molecule has 8 nitrogen and oxygen atoms in total. The Morgan fingerprint density at radius 1 is 0.972 bits per heavy atom. The van der Waals surface area contributed by atoms with E-state index in [-0.39, 0.29) is 23.6 Å². The Morgan fingerprint density at radius 3 is 2.31 bits per heavy atom. The highest BCUT2D eigenvalue weighted by molar-refractivity contribution is 6.01. The van der Waals surface area contributed by atoms with Gasteiger partial charge in [-0.2, -0.15) is 0 Å². The first kappa shape index (κ1) is 24.2. The number of nitrogens with two attached hydrogens (primary N) is 1. The molecule has 1 fully saturated rings. The van der Waals surface area contributed by atoms with Gasteiger partial charge in [-0.1, -0.05) is 18.2 Å². The molecule has 36 heavy (non-hydrogen) atoms. The first-order chi connectivity index (χ1) is 17.4. The van der Waals surface area contributed by atoms with Crippen molar-refractivity contribution in [1.29, 1.82) is 0 Å². The monoisotopic (exact) mass is 491 g/mol. The van der Waals surface area contributed by atoms with Crippen LogP contribution in [0.1, 0.15) is 65.7 Å². The van der Waals surface area contributed by atoms with Gasteiger partial charge in [-0.25, -0.2) is 0 Å². The number of ether oxygens (including phenoxy) is 2. The van der Waals surface area contributed by atoms with E-state index in [1.54, 1.807) is 0 Å². The molecule has 190 valence electrons. The number of carbonyl (C=O) groups is 3. The molecular weight excluding hydrogens is 458 g/mol. The fourth-order valence-electron chi connectivity index (χ4n) is 5.92. The van der Waals surface area contributed by atoms with Gasteiger partial charge in [0.25, 0.3) is 5.91 Å². The second kappa shape index (κ2) is 9.84. The highest BCUT2D eigenvalue weighted by atomic mass is 16.5. The van der Waals surface area contributed by atoms with Crippen molar-refractivity contribution in [2.24, 2.45) is 11.7 Å². The lowest BCUT2D eigenvalue weighted by atomic mass is 9.75. The molecule has 2 atom stereocenters. The molecule has 0 aromatic heterocycles. The maximum absolute atomic E-state index is 14.2. The zero-order valence-electron chi connectivity index (χ0n) is 20.9. The summed E-state index contributed by atoms with van der Waals surface area (Å²) in [7, 11) is 0. The summed E-state index contributed by atoms with van der Waals surface area (Å²) in [5.41, 5.74) is 8.85. The summed E-state index contributed by atoms with van der Waals surface area (Å²) >= 11 is 0. The number of hydrogen-bond donors (Lipinski definition) is 1. The largest absolute Gasteiger partial charge is 0.490 e. The Balaban J connectivity index is 1.59. The number of carbonyl (C=O) groups excluding carboxylic acids is 3. The van der Waals surface area contributed by atoms with Crippen LogP contribution >= 0.6 is 0 Å². The van der Waals surface area contributed by atoms with Crippen LogP contribution in [0, 0.1) is 5.92 Å².